The van der Waals surface area contributed by atoms with Gasteiger partial charge in [-0.1, -0.05) is 6.07 Å². The van der Waals surface area contributed by atoms with Crippen LogP contribution in [-0.2, 0) is 11.3 Å². The highest BCUT2D eigenvalue weighted by atomic mass is 16.3. The summed E-state index contributed by atoms with van der Waals surface area (Å²) in [4.78, 5) is 22.2. The zero-order chi connectivity index (χ0) is 16.1. The molecule has 116 valence electrons. The second-order valence-corrected chi connectivity index (χ2v) is 5.36. The van der Waals surface area contributed by atoms with Crippen LogP contribution in [0.5, 0.6) is 5.75 Å². The van der Waals surface area contributed by atoms with E-state index < -0.39 is 0 Å². The molecular formula is C16H20N4O2. The number of carbonyl (C=O) groups excluding carboxylic acids is 1. The highest BCUT2D eigenvalue weighted by molar-refractivity contribution is 5.91. The lowest BCUT2D eigenvalue weighted by Crippen LogP contribution is -2.30. The molecule has 0 fully saturated rings. The van der Waals surface area contributed by atoms with Crippen LogP contribution in [0.1, 0.15) is 17.0 Å². The molecule has 2 N–H and O–H groups in total. The summed E-state index contributed by atoms with van der Waals surface area (Å²) >= 11 is 0. The van der Waals surface area contributed by atoms with E-state index >= 15 is 0 Å². The maximum atomic E-state index is 12.0. The van der Waals surface area contributed by atoms with E-state index in [2.05, 4.69) is 15.3 Å². The Labute approximate surface area is 129 Å². The Bertz CT molecular complexity index is 656. The number of aryl methyl sites for hydroxylation is 2. The summed E-state index contributed by atoms with van der Waals surface area (Å²) in [6.45, 7) is 4.37. The lowest BCUT2D eigenvalue weighted by Gasteiger charge is -2.16. The predicted octanol–water partition coefficient (Wildman–Crippen LogP) is 1.87. The molecule has 0 spiro atoms. The fourth-order valence-electron chi connectivity index (χ4n) is 2.00. The van der Waals surface area contributed by atoms with Crippen LogP contribution >= 0.6 is 0 Å². The zero-order valence-electron chi connectivity index (χ0n) is 13.0. The number of anilines is 1. The molecule has 0 aliphatic carbocycles. The van der Waals surface area contributed by atoms with E-state index in [1.54, 1.807) is 36.3 Å². The maximum Gasteiger partial charge on any atom is 0.239 e. The van der Waals surface area contributed by atoms with Crippen molar-refractivity contribution >= 4 is 11.7 Å². The second-order valence-electron chi connectivity index (χ2n) is 5.36. The van der Waals surface area contributed by atoms with E-state index in [-0.39, 0.29) is 18.2 Å². The van der Waals surface area contributed by atoms with Gasteiger partial charge in [-0.25, -0.2) is 4.98 Å². The molecule has 0 aromatic carbocycles. The summed E-state index contributed by atoms with van der Waals surface area (Å²) in [6, 6.07) is 7.01. The predicted molar refractivity (Wildman–Crippen MR) is 84.6 cm³/mol. The van der Waals surface area contributed by atoms with Crippen molar-refractivity contribution in [1.29, 1.82) is 0 Å². The molecule has 0 radical (unpaired) electrons. The number of amides is 1. The maximum absolute atomic E-state index is 12.0. The molecule has 2 heterocycles. The Balaban J connectivity index is 1.91. The summed E-state index contributed by atoms with van der Waals surface area (Å²) in [5.74, 6) is 0.504. The number of likely N-dealkylation sites (N-methyl/N-ethyl adjacent to an activating group) is 1. The van der Waals surface area contributed by atoms with Crippen LogP contribution in [0.3, 0.4) is 0 Å². The fourth-order valence-corrected chi connectivity index (χ4v) is 2.00. The van der Waals surface area contributed by atoms with Gasteiger partial charge in [0.2, 0.25) is 5.91 Å². The van der Waals surface area contributed by atoms with Crippen molar-refractivity contribution in [1.82, 2.24) is 14.9 Å². The normalized spacial score (nSPS) is 10.7. The van der Waals surface area contributed by atoms with Crippen LogP contribution < -0.4 is 5.32 Å². The molecule has 0 saturated heterocycles. The molecule has 2 aromatic rings. The Morgan fingerprint density at radius 1 is 1.27 bits per heavy atom. The second kappa shape index (κ2) is 7.00. The zero-order valence-corrected chi connectivity index (χ0v) is 13.0. The summed E-state index contributed by atoms with van der Waals surface area (Å²) < 4.78 is 0. The minimum absolute atomic E-state index is 0.137. The van der Waals surface area contributed by atoms with Gasteiger partial charge < -0.3 is 10.4 Å². The molecule has 2 aromatic heterocycles. The van der Waals surface area contributed by atoms with Gasteiger partial charge in [0.05, 0.1) is 12.2 Å². The number of aromatic hydroxyl groups is 1. The molecule has 0 aliphatic heterocycles. The Morgan fingerprint density at radius 2 is 2.05 bits per heavy atom. The summed E-state index contributed by atoms with van der Waals surface area (Å²) in [6.07, 6.45) is 1.70. The van der Waals surface area contributed by atoms with Crippen LogP contribution in [0, 0.1) is 13.8 Å². The van der Waals surface area contributed by atoms with Gasteiger partial charge in [-0.05, 0) is 44.7 Å². The molecule has 0 bridgehead atoms. The Hall–Kier alpha value is -2.47. The SMILES string of the molecule is Cc1ccc(NC(=O)CN(C)Cc2nc(C)ccc2O)nc1. The fraction of sp³-hybridized carbons (Fsp3) is 0.312. The van der Waals surface area contributed by atoms with Crippen molar-refractivity contribution in [3.63, 3.8) is 0 Å². The minimum Gasteiger partial charge on any atom is -0.506 e. The monoisotopic (exact) mass is 300 g/mol. The van der Waals surface area contributed by atoms with Gasteiger partial charge in [-0.15, -0.1) is 0 Å². The molecule has 0 unspecified atom stereocenters. The number of rotatable bonds is 5. The van der Waals surface area contributed by atoms with Gasteiger partial charge in [-0.2, -0.15) is 0 Å². The van der Waals surface area contributed by atoms with Crippen LogP contribution in [0.15, 0.2) is 30.5 Å². The number of hydrogen-bond acceptors (Lipinski definition) is 5. The Morgan fingerprint density at radius 3 is 2.73 bits per heavy atom. The molecule has 0 atom stereocenters. The molecule has 6 heteroatoms. The number of nitrogens with one attached hydrogen (secondary N) is 1. The molecule has 1 amide bonds. The van der Waals surface area contributed by atoms with Gasteiger partial charge in [0, 0.05) is 18.4 Å². The number of hydrogen-bond donors (Lipinski definition) is 2. The molecule has 0 saturated carbocycles. The van der Waals surface area contributed by atoms with Gasteiger partial charge in [0.15, 0.2) is 0 Å². The number of carbonyl (C=O) groups is 1. The first-order chi connectivity index (χ1) is 10.4. The van der Waals surface area contributed by atoms with E-state index in [9.17, 15) is 9.90 Å². The van der Waals surface area contributed by atoms with Crippen LogP contribution in [-0.4, -0.2) is 39.5 Å². The minimum atomic E-state index is -0.161. The lowest BCUT2D eigenvalue weighted by molar-refractivity contribution is -0.117. The van der Waals surface area contributed by atoms with E-state index in [1.807, 2.05) is 19.9 Å². The van der Waals surface area contributed by atoms with Crippen LogP contribution in [0.25, 0.3) is 0 Å². The number of pyridine rings is 2. The van der Waals surface area contributed by atoms with Crippen LogP contribution in [0.2, 0.25) is 0 Å². The summed E-state index contributed by atoms with van der Waals surface area (Å²) in [7, 11) is 1.80. The van der Waals surface area contributed by atoms with Gasteiger partial charge in [0.25, 0.3) is 0 Å². The standard InChI is InChI=1S/C16H20N4O2/c1-11-4-7-15(17-8-11)19-16(22)10-20(3)9-13-14(21)6-5-12(2)18-13/h4-8,21H,9-10H2,1-3H3,(H,17,19,22). The van der Waals surface area contributed by atoms with Gasteiger partial charge in [-0.3, -0.25) is 14.7 Å². The van der Waals surface area contributed by atoms with Gasteiger partial charge in [0.1, 0.15) is 11.6 Å². The highest BCUT2D eigenvalue weighted by Crippen LogP contribution is 2.16. The lowest BCUT2D eigenvalue weighted by atomic mass is 10.2. The number of nitrogens with zero attached hydrogens (tertiary/aromatic N) is 3. The molecule has 22 heavy (non-hydrogen) atoms. The van der Waals surface area contributed by atoms with Crippen molar-refractivity contribution in [2.24, 2.45) is 0 Å². The van der Waals surface area contributed by atoms with Crippen molar-refractivity contribution in [3.8, 4) is 5.75 Å². The quantitative estimate of drug-likeness (QED) is 0.881. The number of aromatic nitrogens is 2. The van der Waals surface area contributed by atoms with E-state index in [1.165, 1.54) is 0 Å². The molecular weight excluding hydrogens is 280 g/mol. The first-order valence-corrected chi connectivity index (χ1v) is 7.00. The Kier molecular flexibility index (Phi) is 5.06. The first kappa shape index (κ1) is 15.9. The third-order valence-corrected chi connectivity index (χ3v) is 3.10. The average molecular weight is 300 g/mol. The molecule has 2 rings (SSSR count). The molecule has 0 aliphatic rings. The van der Waals surface area contributed by atoms with Crippen molar-refractivity contribution in [2.75, 3.05) is 18.9 Å². The van der Waals surface area contributed by atoms with E-state index in [0.717, 1.165) is 11.3 Å². The topological polar surface area (TPSA) is 78.4 Å². The average Bonchev–Trinajstić information content (AvgIpc) is 2.45. The van der Waals surface area contributed by atoms with Crippen LogP contribution in [0.4, 0.5) is 5.82 Å². The van der Waals surface area contributed by atoms with Crippen molar-refractivity contribution < 1.29 is 9.90 Å². The largest absolute Gasteiger partial charge is 0.506 e. The van der Waals surface area contributed by atoms with Crippen molar-refractivity contribution in [3.05, 3.63) is 47.4 Å². The smallest absolute Gasteiger partial charge is 0.239 e. The highest BCUT2D eigenvalue weighted by Gasteiger charge is 2.11. The molecule has 6 nitrogen and oxygen atoms in total. The third kappa shape index (κ3) is 4.53. The van der Waals surface area contributed by atoms with Crippen molar-refractivity contribution in [2.45, 2.75) is 20.4 Å². The first-order valence-electron chi connectivity index (χ1n) is 7.00. The van der Waals surface area contributed by atoms with E-state index in [0.29, 0.717) is 18.1 Å². The summed E-state index contributed by atoms with van der Waals surface area (Å²) in [5.41, 5.74) is 2.43. The third-order valence-electron chi connectivity index (χ3n) is 3.10. The van der Waals surface area contributed by atoms with Gasteiger partial charge >= 0.3 is 0 Å². The summed E-state index contributed by atoms with van der Waals surface area (Å²) in [5, 5.41) is 12.5. The van der Waals surface area contributed by atoms with E-state index in [4.69, 9.17) is 0 Å².